The van der Waals surface area contributed by atoms with Crippen LogP contribution >= 0.6 is 0 Å². The number of rotatable bonds is 6. The van der Waals surface area contributed by atoms with Crippen LogP contribution < -0.4 is 10.1 Å². The smallest absolute Gasteiger partial charge is 0.246 e. The molecular formula is C22H25F3N2O4S. The molecule has 1 aliphatic rings. The Bertz CT molecular complexity index is 1110. The lowest BCUT2D eigenvalue weighted by molar-refractivity contribution is -0.120. The second-order valence-corrected chi connectivity index (χ2v) is 9.86. The Hall–Kier alpha value is -2.59. The minimum Gasteiger partial charge on any atom is -0.495 e. The van der Waals surface area contributed by atoms with E-state index in [0.29, 0.717) is 0 Å². The number of hydrogen-bond acceptors (Lipinski definition) is 4. The van der Waals surface area contributed by atoms with Crippen LogP contribution in [0.15, 0.2) is 35.2 Å². The molecule has 1 aliphatic heterocycles. The first kappa shape index (κ1) is 24.1. The molecule has 0 aliphatic carbocycles. The van der Waals surface area contributed by atoms with Gasteiger partial charge in [0, 0.05) is 19.0 Å². The average Bonchev–Trinajstić information content (AvgIpc) is 2.78. The summed E-state index contributed by atoms with van der Waals surface area (Å²) in [5, 5.41) is 2.26. The molecule has 1 heterocycles. The van der Waals surface area contributed by atoms with Crippen LogP contribution in [0.3, 0.4) is 0 Å². The Balaban J connectivity index is 1.72. The van der Waals surface area contributed by atoms with Crippen molar-refractivity contribution in [1.29, 1.82) is 0 Å². The number of sulfonamides is 1. The fraction of sp³-hybridized carbons (Fsp3) is 0.409. The van der Waals surface area contributed by atoms with Crippen molar-refractivity contribution >= 4 is 21.6 Å². The molecule has 0 aromatic heterocycles. The Kier molecular flexibility index (Phi) is 7.14. The molecule has 6 nitrogen and oxygen atoms in total. The zero-order valence-electron chi connectivity index (χ0n) is 18.0. The summed E-state index contributed by atoms with van der Waals surface area (Å²) in [5.41, 5.74) is 0.395. The Labute approximate surface area is 185 Å². The molecule has 1 saturated heterocycles. The summed E-state index contributed by atoms with van der Waals surface area (Å²) in [6.45, 7) is 4.07. The van der Waals surface area contributed by atoms with Crippen molar-refractivity contribution in [3.63, 3.8) is 0 Å². The summed E-state index contributed by atoms with van der Waals surface area (Å²) < 4.78 is 73.3. The largest absolute Gasteiger partial charge is 0.495 e. The summed E-state index contributed by atoms with van der Waals surface area (Å²) in [5.74, 6) is -5.30. The highest BCUT2D eigenvalue weighted by molar-refractivity contribution is 7.89. The Morgan fingerprint density at radius 2 is 1.75 bits per heavy atom. The topological polar surface area (TPSA) is 75.7 Å². The fourth-order valence-electron chi connectivity index (χ4n) is 3.61. The summed E-state index contributed by atoms with van der Waals surface area (Å²) in [6, 6.07) is 6.71. The molecular weight excluding hydrogens is 445 g/mol. The van der Waals surface area contributed by atoms with Gasteiger partial charge in [0.1, 0.15) is 10.6 Å². The molecule has 174 valence electrons. The number of amides is 1. The van der Waals surface area contributed by atoms with Crippen molar-refractivity contribution in [1.82, 2.24) is 4.31 Å². The van der Waals surface area contributed by atoms with E-state index in [4.69, 9.17) is 4.74 Å². The van der Waals surface area contributed by atoms with Crippen LogP contribution in [0.4, 0.5) is 18.9 Å². The number of piperidine rings is 1. The Morgan fingerprint density at radius 3 is 2.34 bits per heavy atom. The van der Waals surface area contributed by atoms with Gasteiger partial charge in [0.2, 0.25) is 15.9 Å². The van der Waals surface area contributed by atoms with E-state index in [0.717, 1.165) is 17.7 Å². The lowest BCUT2D eigenvalue weighted by Crippen LogP contribution is -2.41. The minimum absolute atomic E-state index is 0.0676. The number of carbonyl (C=O) groups is 1. The van der Waals surface area contributed by atoms with Gasteiger partial charge in [0.15, 0.2) is 17.5 Å². The average molecular weight is 471 g/mol. The third kappa shape index (κ3) is 4.75. The van der Waals surface area contributed by atoms with Gasteiger partial charge in [-0.1, -0.05) is 19.9 Å². The van der Waals surface area contributed by atoms with E-state index in [2.05, 4.69) is 5.32 Å². The number of nitrogens with one attached hydrogen (secondary N) is 1. The highest BCUT2D eigenvalue weighted by atomic mass is 32.2. The van der Waals surface area contributed by atoms with Gasteiger partial charge in [-0.25, -0.2) is 21.6 Å². The number of methoxy groups -OCH3 is 1. The van der Waals surface area contributed by atoms with Crippen molar-refractivity contribution in [2.75, 3.05) is 25.5 Å². The molecule has 0 unspecified atom stereocenters. The molecule has 32 heavy (non-hydrogen) atoms. The molecule has 0 atom stereocenters. The van der Waals surface area contributed by atoms with Crippen molar-refractivity contribution < 1.29 is 31.1 Å². The van der Waals surface area contributed by atoms with Crippen LogP contribution in [0.25, 0.3) is 0 Å². The first-order valence-electron chi connectivity index (χ1n) is 10.2. The second-order valence-electron chi connectivity index (χ2n) is 7.96. The monoisotopic (exact) mass is 470 g/mol. The molecule has 1 fully saturated rings. The zero-order chi connectivity index (χ0) is 23.6. The molecule has 3 rings (SSSR count). The van der Waals surface area contributed by atoms with Gasteiger partial charge in [0.25, 0.3) is 0 Å². The minimum atomic E-state index is -3.86. The normalized spacial score (nSPS) is 15.7. The van der Waals surface area contributed by atoms with Gasteiger partial charge in [-0.2, -0.15) is 4.31 Å². The lowest BCUT2D eigenvalue weighted by Gasteiger charge is -2.31. The highest BCUT2D eigenvalue weighted by Gasteiger charge is 2.34. The zero-order valence-corrected chi connectivity index (χ0v) is 18.8. The van der Waals surface area contributed by atoms with E-state index >= 15 is 0 Å². The van der Waals surface area contributed by atoms with Gasteiger partial charge in [0.05, 0.1) is 12.8 Å². The number of benzene rings is 2. The highest BCUT2D eigenvalue weighted by Crippen LogP contribution is 2.32. The number of ether oxygens (including phenoxy) is 1. The molecule has 2 aromatic carbocycles. The van der Waals surface area contributed by atoms with Crippen LogP contribution in [0.1, 0.15) is 38.2 Å². The van der Waals surface area contributed by atoms with Crippen LogP contribution in [-0.2, 0) is 14.8 Å². The van der Waals surface area contributed by atoms with Crippen LogP contribution in [-0.4, -0.2) is 38.8 Å². The molecule has 1 amide bonds. The number of nitrogens with zero attached hydrogens (tertiary/aromatic N) is 1. The van der Waals surface area contributed by atoms with E-state index in [1.54, 1.807) is 12.1 Å². The molecule has 0 bridgehead atoms. The van der Waals surface area contributed by atoms with E-state index in [9.17, 15) is 26.4 Å². The molecule has 2 aromatic rings. The predicted octanol–water partition coefficient (Wildman–Crippen LogP) is 4.28. The molecule has 0 radical (unpaired) electrons. The van der Waals surface area contributed by atoms with Crippen molar-refractivity contribution in [2.24, 2.45) is 5.92 Å². The van der Waals surface area contributed by atoms with Crippen molar-refractivity contribution in [2.45, 2.75) is 37.5 Å². The number of anilines is 1. The molecule has 0 saturated carbocycles. The van der Waals surface area contributed by atoms with Gasteiger partial charge in [-0.3, -0.25) is 4.79 Å². The summed E-state index contributed by atoms with van der Waals surface area (Å²) in [4.78, 5) is 12.5. The molecule has 0 spiro atoms. The number of carbonyl (C=O) groups excluding carboxylic acids is 1. The van der Waals surface area contributed by atoms with Crippen LogP contribution in [0.5, 0.6) is 5.75 Å². The maximum atomic E-state index is 13.8. The molecule has 1 N–H and O–H groups in total. The van der Waals surface area contributed by atoms with Gasteiger partial charge in [-0.05, 0) is 48.6 Å². The van der Waals surface area contributed by atoms with Gasteiger partial charge < -0.3 is 10.1 Å². The first-order valence-corrected chi connectivity index (χ1v) is 11.6. The third-order valence-electron chi connectivity index (χ3n) is 5.59. The first-order chi connectivity index (χ1) is 15.1. The van der Waals surface area contributed by atoms with E-state index in [1.165, 1.54) is 11.4 Å². The standard InChI is InChI=1S/C22H25F3N2O4S/c1-13(2)15-4-7-18(31-3)19(12-15)32(29,30)27-10-8-14(9-11-27)22(28)26-17-6-5-16(23)20(24)21(17)25/h4-7,12-14H,8-11H2,1-3H3,(H,26,28). The SMILES string of the molecule is COc1ccc(C(C)C)cc1S(=O)(=O)N1CCC(C(=O)Nc2ccc(F)c(F)c2F)CC1. The Morgan fingerprint density at radius 1 is 1.09 bits per heavy atom. The predicted molar refractivity (Wildman–Crippen MR) is 114 cm³/mol. The number of halogens is 3. The maximum absolute atomic E-state index is 13.8. The third-order valence-corrected chi connectivity index (χ3v) is 7.51. The van der Waals surface area contributed by atoms with E-state index in [-0.39, 0.29) is 42.5 Å². The summed E-state index contributed by atoms with van der Waals surface area (Å²) in [6.07, 6.45) is 0.394. The fourth-order valence-corrected chi connectivity index (χ4v) is 5.27. The summed E-state index contributed by atoms with van der Waals surface area (Å²) in [7, 11) is -2.46. The number of hydrogen-bond donors (Lipinski definition) is 1. The lowest BCUT2D eigenvalue weighted by atomic mass is 9.97. The van der Waals surface area contributed by atoms with E-state index in [1.807, 2.05) is 19.9 Å². The van der Waals surface area contributed by atoms with E-state index < -0.39 is 45.0 Å². The van der Waals surface area contributed by atoms with Crippen molar-refractivity contribution in [3.8, 4) is 5.75 Å². The van der Waals surface area contributed by atoms with Gasteiger partial charge in [-0.15, -0.1) is 0 Å². The molecule has 10 heteroatoms. The maximum Gasteiger partial charge on any atom is 0.246 e. The van der Waals surface area contributed by atoms with Crippen molar-refractivity contribution in [3.05, 3.63) is 53.3 Å². The van der Waals surface area contributed by atoms with Gasteiger partial charge >= 0.3 is 0 Å². The quantitative estimate of drug-likeness (QED) is 0.640. The van der Waals surface area contributed by atoms with Crippen LogP contribution in [0.2, 0.25) is 0 Å². The second kappa shape index (κ2) is 9.50. The summed E-state index contributed by atoms with van der Waals surface area (Å²) >= 11 is 0. The van der Waals surface area contributed by atoms with Crippen LogP contribution in [0, 0.1) is 23.4 Å².